The summed E-state index contributed by atoms with van der Waals surface area (Å²) in [6, 6.07) is 9.65. The molecule has 0 saturated carbocycles. The van der Waals surface area contributed by atoms with Crippen molar-refractivity contribution >= 4 is 26.1 Å². The van der Waals surface area contributed by atoms with Gasteiger partial charge < -0.3 is 9.64 Å². The third kappa shape index (κ3) is 4.25. The number of nitrogens with zero attached hydrogens (tertiary/aromatic N) is 4. The van der Waals surface area contributed by atoms with Crippen LogP contribution in [0.2, 0.25) is 5.02 Å². The Labute approximate surface area is 185 Å². The van der Waals surface area contributed by atoms with Gasteiger partial charge in [0, 0.05) is 34.7 Å². The SMILES string of the molecule is O=C(c1cc(Cl)ccc1-c1ncccn1)N1[C@H](COc2ccc(F)cn2)CC[C@H]2P[C@H]21. The van der Waals surface area contributed by atoms with Crippen LogP contribution < -0.4 is 4.74 Å². The quantitative estimate of drug-likeness (QED) is 0.532. The standard InChI is InChI=1S/C22H19ClFN4O2P/c23-13-2-5-16(20-25-8-1-9-26-20)17(10-13)21(29)28-15(4-6-18-22(28)31-18)12-30-19-7-3-14(24)11-27-19/h1-3,5,7-11,15,18,22,31H,4,6,12H2/t15-,18+,22+/m0/s1. The smallest absolute Gasteiger partial charge is 0.255 e. The Morgan fingerprint density at radius 3 is 2.81 bits per heavy atom. The van der Waals surface area contributed by atoms with Gasteiger partial charge in [0.1, 0.15) is 12.4 Å². The largest absolute Gasteiger partial charge is 0.475 e. The fourth-order valence-electron chi connectivity index (χ4n) is 3.97. The first-order chi connectivity index (χ1) is 15.1. The monoisotopic (exact) mass is 456 g/mol. The molecule has 3 aromatic rings. The van der Waals surface area contributed by atoms with E-state index in [-0.39, 0.29) is 17.7 Å². The van der Waals surface area contributed by atoms with Crippen LogP contribution in [0.4, 0.5) is 4.39 Å². The van der Waals surface area contributed by atoms with E-state index in [2.05, 4.69) is 15.0 Å². The number of hydrogen-bond donors (Lipinski definition) is 0. The fourth-order valence-corrected chi connectivity index (χ4v) is 5.62. The molecule has 0 aliphatic carbocycles. The number of carbonyl (C=O) groups is 1. The maximum Gasteiger partial charge on any atom is 0.255 e. The van der Waals surface area contributed by atoms with Crippen molar-refractivity contribution in [2.24, 2.45) is 0 Å². The number of aromatic nitrogens is 3. The summed E-state index contributed by atoms with van der Waals surface area (Å²) in [7, 11) is 0.732. The molecule has 4 atom stereocenters. The Hall–Kier alpha value is -2.63. The minimum atomic E-state index is -0.416. The van der Waals surface area contributed by atoms with Gasteiger partial charge in [-0.25, -0.2) is 19.3 Å². The second kappa shape index (κ2) is 8.48. The van der Waals surface area contributed by atoms with E-state index in [1.807, 2.05) is 4.90 Å². The zero-order valence-corrected chi connectivity index (χ0v) is 18.2. The first kappa shape index (κ1) is 20.3. The number of piperidine rings is 1. The Bertz CT molecular complexity index is 1100. The van der Waals surface area contributed by atoms with Gasteiger partial charge in [-0.05, 0) is 43.2 Å². The summed E-state index contributed by atoms with van der Waals surface area (Å²) in [4.78, 5) is 28.3. The molecule has 5 rings (SSSR count). The van der Waals surface area contributed by atoms with Gasteiger partial charge in [0.05, 0.1) is 23.6 Å². The number of ether oxygens (including phenoxy) is 1. The molecular weight excluding hydrogens is 438 g/mol. The van der Waals surface area contributed by atoms with Crippen molar-refractivity contribution in [3.05, 3.63) is 71.4 Å². The number of halogens is 2. The number of amides is 1. The van der Waals surface area contributed by atoms with Crippen LogP contribution in [-0.4, -0.2) is 49.8 Å². The molecule has 1 amide bonds. The summed E-state index contributed by atoms with van der Waals surface area (Å²) < 4.78 is 18.9. The highest BCUT2D eigenvalue weighted by atomic mass is 35.5. The van der Waals surface area contributed by atoms with E-state index < -0.39 is 5.82 Å². The van der Waals surface area contributed by atoms with E-state index in [0.29, 0.717) is 40.1 Å². The van der Waals surface area contributed by atoms with Crippen LogP contribution in [-0.2, 0) is 0 Å². The van der Waals surface area contributed by atoms with Crippen molar-refractivity contribution in [2.75, 3.05) is 6.61 Å². The molecule has 2 aromatic heterocycles. The van der Waals surface area contributed by atoms with Crippen LogP contribution in [0, 0.1) is 5.82 Å². The van der Waals surface area contributed by atoms with Crippen molar-refractivity contribution in [2.45, 2.75) is 30.3 Å². The molecule has 0 radical (unpaired) electrons. The third-order valence-electron chi connectivity index (χ3n) is 5.54. The normalized spacial score (nSPS) is 22.8. The summed E-state index contributed by atoms with van der Waals surface area (Å²) in [5, 5.41) is 0.484. The second-order valence-electron chi connectivity index (χ2n) is 7.55. The molecule has 2 aliphatic heterocycles. The van der Waals surface area contributed by atoms with E-state index in [9.17, 15) is 9.18 Å². The molecular formula is C22H19ClFN4O2P. The molecule has 158 valence electrons. The number of likely N-dealkylation sites (tertiary alicyclic amines) is 1. The summed E-state index contributed by atoms with van der Waals surface area (Å²) in [6.45, 7) is 0.301. The number of benzene rings is 1. The van der Waals surface area contributed by atoms with Crippen molar-refractivity contribution in [3.8, 4) is 17.3 Å². The predicted molar refractivity (Wildman–Crippen MR) is 117 cm³/mol. The summed E-state index contributed by atoms with van der Waals surface area (Å²) >= 11 is 6.25. The first-order valence-corrected chi connectivity index (χ1v) is 11.5. The lowest BCUT2D eigenvalue weighted by Gasteiger charge is -2.35. The molecule has 31 heavy (non-hydrogen) atoms. The molecule has 2 saturated heterocycles. The molecule has 9 heteroatoms. The number of hydrogen-bond acceptors (Lipinski definition) is 5. The molecule has 0 bridgehead atoms. The lowest BCUT2D eigenvalue weighted by molar-refractivity contribution is 0.0535. The van der Waals surface area contributed by atoms with Crippen molar-refractivity contribution in [1.82, 2.24) is 19.9 Å². The summed E-state index contributed by atoms with van der Waals surface area (Å²) in [5.41, 5.74) is 1.70. The van der Waals surface area contributed by atoms with Crippen LogP contribution in [0.15, 0.2) is 55.0 Å². The van der Waals surface area contributed by atoms with Crippen molar-refractivity contribution < 1.29 is 13.9 Å². The number of rotatable bonds is 5. The lowest BCUT2D eigenvalue weighted by atomic mass is 9.99. The van der Waals surface area contributed by atoms with Gasteiger partial charge >= 0.3 is 0 Å². The van der Waals surface area contributed by atoms with Gasteiger partial charge in [0.25, 0.3) is 5.91 Å². The third-order valence-corrected chi connectivity index (χ3v) is 7.44. The average molecular weight is 457 g/mol. The predicted octanol–water partition coefficient (Wildman–Crippen LogP) is 4.40. The fraction of sp³-hybridized carbons (Fsp3) is 0.273. The molecule has 0 N–H and O–H groups in total. The molecule has 4 heterocycles. The average Bonchev–Trinajstić information content (AvgIpc) is 3.58. The van der Waals surface area contributed by atoms with Crippen LogP contribution >= 0.6 is 20.2 Å². The minimum absolute atomic E-state index is 0.0923. The van der Waals surface area contributed by atoms with E-state index in [4.69, 9.17) is 16.3 Å². The molecule has 1 aromatic carbocycles. The molecule has 2 aliphatic rings. The van der Waals surface area contributed by atoms with E-state index in [1.54, 1.807) is 36.7 Å². The topological polar surface area (TPSA) is 68.2 Å². The van der Waals surface area contributed by atoms with Gasteiger partial charge in [-0.15, -0.1) is 0 Å². The Balaban J connectivity index is 1.43. The number of carbonyl (C=O) groups excluding carboxylic acids is 1. The number of fused-ring (bicyclic) bond motifs is 1. The van der Waals surface area contributed by atoms with Crippen molar-refractivity contribution in [3.63, 3.8) is 0 Å². The van der Waals surface area contributed by atoms with Crippen LogP contribution in [0.25, 0.3) is 11.4 Å². The van der Waals surface area contributed by atoms with Crippen LogP contribution in [0.1, 0.15) is 23.2 Å². The van der Waals surface area contributed by atoms with Gasteiger partial charge in [-0.1, -0.05) is 20.2 Å². The summed E-state index contributed by atoms with van der Waals surface area (Å²) in [5.74, 6) is 0.540. The molecule has 0 spiro atoms. The zero-order valence-electron chi connectivity index (χ0n) is 16.4. The highest BCUT2D eigenvalue weighted by molar-refractivity contribution is 7.48. The minimum Gasteiger partial charge on any atom is -0.475 e. The van der Waals surface area contributed by atoms with Crippen LogP contribution in [0.3, 0.4) is 0 Å². The first-order valence-electron chi connectivity index (χ1n) is 10.00. The second-order valence-corrected chi connectivity index (χ2v) is 9.65. The molecule has 1 unspecified atom stereocenters. The number of pyridine rings is 1. The van der Waals surface area contributed by atoms with Crippen LogP contribution in [0.5, 0.6) is 5.88 Å². The lowest BCUT2D eigenvalue weighted by Crippen LogP contribution is -2.48. The van der Waals surface area contributed by atoms with E-state index >= 15 is 0 Å². The van der Waals surface area contributed by atoms with Gasteiger partial charge in [-0.3, -0.25) is 4.79 Å². The van der Waals surface area contributed by atoms with Gasteiger partial charge in [-0.2, -0.15) is 0 Å². The van der Waals surface area contributed by atoms with Crippen molar-refractivity contribution in [1.29, 1.82) is 0 Å². The maximum atomic E-state index is 13.7. The highest BCUT2D eigenvalue weighted by Gasteiger charge is 2.50. The van der Waals surface area contributed by atoms with E-state index in [0.717, 1.165) is 27.6 Å². The zero-order chi connectivity index (χ0) is 21.4. The van der Waals surface area contributed by atoms with E-state index in [1.165, 1.54) is 12.1 Å². The van der Waals surface area contributed by atoms with Gasteiger partial charge in [0.2, 0.25) is 5.88 Å². The Morgan fingerprint density at radius 1 is 1.19 bits per heavy atom. The maximum absolute atomic E-state index is 13.7. The molecule has 6 nitrogen and oxygen atoms in total. The molecule has 2 fully saturated rings. The Kier molecular flexibility index (Phi) is 5.55. The summed E-state index contributed by atoms with van der Waals surface area (Å²) in [6.07, 6.45) is 6.34. The van der Waals surface area contributed by atoms with Gasteiger partial charge in [0.15, 0.2) is 5.82 Å². The Morgan fingerprint density at radius 2 is 2.03 bits per heavy atom. The highest BCUT2D eigenvalue weighted by Crippen LogP contribution is 2.57.